The van der Waals surface area contributed by atoms with Crippen molar-refractivity contribution >= 4 is 15.9 Å². The van der Waals surface area contributed by atoms with Crippen molar-refractivity contribution in [3.8, 4) is 11.1 Å². The van der Waals surface area contributed by atoms with Crippen LogP contribution in [-0.4, -0.2) is 55.6 Å². The first-order valence-corrected chi connectivity index (χ1v) is 23.1. The number of aliphatic hydroxyl groups is 1. The molecule has 1 saturated carbocycles. The zero-order valence-corrected chi connectivity index (χ0v) is 36.5. The van der Waals surface area contributed by atoms with Crippen molar-refractivity contribution in [1.82, 2.24) is 14.9 Å². The number of aryl methyl sites for hydroxylation is 1. The van der Waals surface area contributed by atoms with Crippen molar-refractivity contribution in [3.05, 3.63) is 161 Å². The number of rotatable bonds is 14. The maximum Gasteiger partial charge on any atom is 0.241 e. The predicted molar refractivity (Wildman–Crippen MR) is 239 cm³/mol. The van der Waals surface area contributed by atoms with Crippen LogP contribution >= 0.6 is 0 Å². The molecule has 2 unspecified atom stereocenters. The van der Waals surface area contributed by atoms with Crippen molar-refractivity contribution in [1.29, 1.82) is 0 Å². The topological polar surface area (TPSA) is 117 Å². The summed E-state index contributed by atoms with van der Waals surface area (Å²) in [5.41, 5.74) is 8.15. The van der Waals surface area contributed by atoms with Gasteiger partial charge in [0.05, 0.1) is 23.7 Å². The molecule has 5 aromatic rings. The van der Waals surface area contributed by atoms with Gasteiger partial charge in [0.1, 0.15) is 6.04 Å². The number of fused-ring (bicyclic) bond motifs is 2. The van der Waals surface area contributed by atoms with Gasteiger partial charge in [0.2, 0.25) is 15.9 Å². The molecule has 2 saturated heterocycles. The van der Waals surface area contributed by atoms with Crippen LogP contribution in [0.2, 0.25) is 0 Å². The molecule has 0 spiro atoms. The van der Waals surface area contributed by atoms with E-state index < -0.39 is 28.3 Å². The van der Waals surface area contributed by atoms with Crippen LogP contribution in [0.5, 0.6) is 0 Å². The normalized spacial score (nSPS) is 24.3. The Morgan fingerprint density at radius 1 is 0.803 bits per heavy atom. The van der Waals surface area contributed by atoms with Crippen LogP contribution in [0, 0.1) is 17.8 Å². The lowest BCUT2D eigenvalue weighted by Crippen LogP contribution is -2.47. The Morgan fingerprint density at radius 3 is 2.25 bits per heavy atom. The van der Waals surface area contributed by atoms with Gasteiger partial charge in [-0.25, -0.2) is 8.42 Å². The van der Waals surface area contributed by atoms with E-state index in [1.165, 1.54) is 19.3 Å². The highest BCUT2D eigenvalue weighted by Crippen LogP contribution is 2.53. The molecule has 2 heterocycles. The monoisotopic (exact) mass is 841 g/mol. The Morgan fingerprint density at radius 2 is 1.51 bits per heavy atom. The molecule has 0 aromatic heterocycles. The van der Waals surface area contributed by atoms with Crippen molar-refractivity contribution in [2.45, 2.75) is 108 Å². The lowest BCUT2D eigenvalue weighted by Gasteiger charge is -2.41. The minimum Gasteiger partial charge on any atom is -0.392 e. The molecular weight excluding hydrogens is 783 g/mol. The minimum absolute atomic E-state index is 0.00314. The Balaban J connectivity index is 0.986. The molecule has 2 aliphatic heterocycles. The number of nitrogens with one attached hydrogen (secondary N) is 2. The largest absolute Gasteiger partial charge is 0.392 e. The number of aliphatic hydroxyl groups excluding tert-OH is 1. The van der Waals surface area contributed by atoms with Crippen LogP contribution in [0.4, 0.5) is 0 Å². The number of carbonyl (C=O) groups excluding carboxylic acids is 1. The van der Waals surface area contributed by atoms with E-state index in [0.29, 0.717) is 16.9 Å². The number of hydrogen-bond acceptors (Lipinski definition) is 7. The van der Waals surface area contributed by atoms with E-state index in [4.69, 9.17) is 9.47 Å². The number of hydrogen-bond donors (Lipinski definition) is 3. The lowest BCUT2D eigenvalue weighted by molar-refractivity contribution is -0.253. The molecule has 0 radical (unpaired) electrons. The van der Waals surface area contributed by atoms with Crippen LogP contribution in [-0.2, 0) is 43.9 Å². The lowest BCUT2D eigenvalue weighted by atomic mass is 9.65. The van der Waals surface area contributed by atoms with Crippen LogP contribution in [0.3, 0.4) is 0 Å². The molecule has 61 heavy (non-hydrogen) atoms. The summed E-state index contributed by atoms with van der Waals surface area (Å²) in [5.74, 6) is -0.413. The van der Waals surface area contributed by atoms with Crippen LogP contribution in [0.1, 0.15) is 92.2 Å². The molecule has 8 rings (SSSR count). The molecule has 320 valence electrons. The van der Waals surface area contributed by atoms with Crippen LogP contribution in [0.15, 0.2) is 132 Å². The second kappa shape index (κ2) is 18.0. The fourth-order valence-electron chi connectivity index (χ4n) is 10.1. The van der Waals surface area contributed by atoms with Gasteiger partial charge in [0, 0.05) is 37.7 Å². The van der Waals surface area contributed by atoms with Crippen LogP contribution < -0.4 is 10.0 Å². The van der Waals surface area contributed by atoms with Crippen molar-refractivity contribution in [2.24, 2.45) is 10.8 Å². The zero-order valence-electron chi connectivity index (χ0n) is 35.7. The third-order valence-electron chi connectivity index (χ3n) is 12.7. The van der Waals surface area contributed by atoms with Gasteiger partial charge in [-0.3, -0.25) is 9.69 Å². The highest BCUT2D eigenvalue weighted by atomic mass is 32.2. The van der Waals surface area contributed by atoms with E-state index in [1.54, 1.807) is 24.3 Å². The third-order valence-corrected chi connectivity index (χ3v) is 14.2. The van der Waals surface area contributed by atoms with Gasteiger partial charge in [0.15, 0.2) is 6.29 Å². The van der Waals surface area contributed by atoms with Crippen molar-refractivity contribution < 1.29 is 27.8 Å². The number of likely N-dealkylation sites (tertiary alicyclic amines) is 1. The molecule has 10 heteroatoms. The van der Waals surface area contributed by atoms with E-state index in [1.807, 2.05) is 79.7 Å². The van der Waals surface area contributed by atoms with Gasteiger partial charge in [-0.15, -0.1) is 0 Å². The first-order chi connectivity index (χ1) is 29.2. The highest BCUT2D eigenvalue weighted by Gasteiger charge is 2.50. The van der Waals surface area contributed by atoms with Crippen molar-refractivity contribution in [2.75, 3.05) is 13.1 Å². The third kappa shape index (κ3) is 10.5. The van der Waals surface area contributed by atoms with E-state index in [-0.39, 0.29) is 36.7 Å². The molecule has 3 fully saturated rings. The molecule has 1 aliphatic carbocycles. The number of sulfonamides is 1. The Labute approximate surface area is 361 Å². The second-order valence-corrected chi connectivity index (χ2v) is 20.4. The van der Waals surface area contributed by atoms with Gasteiger partial charge < -0.3 is 19.9 Å². The number of ether oxygens (including phenoxy) is 2. The van der Waals surface area contributed by atoms with Gasteiger partial charge in [0.25, 0.3) is 0 Å². The fraction of sp³-hybridized carbons (Fsp3) is 0.392. The molecule has 9 nitrogen and oxygen atoms in total. The quantitative estimate of drug-likeness (QED) is 0.102. The molecule has 3 N–H and O–H groups in total. The molecular formula is C51H59N3O6S. The summed E-state index contributed by atoms with van der Waals surface area (Å²) in [7, 11) is -3.97. The zero-order chi connectivity index (χ0) is 42.8. The first-order valence-electron chi connectivity index (χ1n) is 21.6. The molecule has 3 aliphatic rings. The summed E-state index contributed by atoms with van der Waals surface area (Å²) in [6, 6.07) is 39.9. The summed E-state index contributed by atoms with van der Waals surface area (Å²) < 4.78 is 43.2. The van der Waals surface area contributed by atoms with Gasteiger partial charge >= 0.3 is 0 Å². The smallest absolute Gasteiger partial charge is 0.241 e. The fourth-order valence-corrected chi connectivity index (χ4v) is 11.3. The Kier molecular flexibility index (Phi) is 12.7. The summed E-state index contributed by atoms with van der Waals surface area (Å²) in [5, 5.41) is 12.7. The minimum atomic E-state index is -3.97. The van der Waals surface area contributed by atoms with E-state index in [2.05, 4.69) is 66.0 Å². The molecule has 1 amide bonds. The standard InChI is InChI=1S/C51H59N3O6S/c1-35-16-22-45(23-17-35)61(57,58)53-46(25-36-10-6-5-7-11-36)48(56)52-30-38-12-8-13-40(24-38)41-14-9-15-42(26-41)49-59-44(27-47(60-49)39-20-18-37(32-55)19-21-39)31-54-34-51(4)29-43(54)28-50(2,3)33-51/h5-24,26,43-44,46-47,49,53,55H,25,27-34H2,1-4H3,(H,52,56)/t43?,44-,46-,47+,49+,51?/m1/s1. The average molecular weight is 842 g/mol. The number of benzene rings is 5. The van der Waals surface area contributed by atoms with E-state index >= 15 is 0 Å². The van der Waals surface area contributed by atoms with Crippen molar-refractivity contribution in [3.63, 3.8) is 0 Å². The Hall–Kier alpha value is -4.68. The first kappa shape index (κ1) is 43.0. The van der Waals surface area contributed by atoms with Gasteiger partial charge in [-0.2, -0.15) is 4.72 Å². The highest BCUT2D eigenvalue weighted by molar-refractivity contribution is 7.89. The van der Waals surface area contributed by atoms with Gasteiger partial charge in [-0.05, 0) is 101 Å². The van der Waals surface area contributed by atoms with Gasteiger partial charge in [-0.1, -0.05) is 129 Å². The SMILES string of the molecule is Cc1ccc(S(=O)(=O)N[C@H](Cc2ccccc2)C(=O)NCc2cccc(-c3cccc([C@H]4O[C@@H](CN5CC6(C)CC5CC(C)(C)C6)C[C@@H](c5ccc(CO)cc5)O4)c3)c2)cc1. The maximum absolute atomic E-state index is 13.8. The average Bonchev–Trinajstić information content (AvgIpc) is 3.49. The van der Waals surface area contributed by atoms with Crippen LogP contribution in [0.25, 0.3) is 11.1 Å². The molecule has 6 atom stereocenters. The van der Waals surface area contributed by atoms with E-state index in [9.17, 15) is 18.3 Å². The number of nitrogens with zero attached hydrogens (tertiary/aromatic N) is 1. The van der Waals surface area contributed by atoms with E-state index in [0.717, 1.165) is 64.0 Å². The summed E-state index contributed by atoms with van der Waals surface area (Å²) in [6.45, 7) is 11.3. The summed E-state index contributed by atoms with van der Waals surface area (Å²) in [6.07, 6.45) is 3.84. The number of carbonyl (C=O) groups is 1. The predicted octanol–water partition coefficient (Wildman–Crippen LogP) is 8.81. The molecule has 5 aromatic carbocycles. The second-order valence-electron chi connectivity index (χ2n) is 18.7. The summed E-state index contributed by atoms with van der Waals surface area (Å²) >= 11 is 0. The maximum atomic E-state index is 13.8. The molecule has 2 bridgehead atoms. The Bertz CT molecular complexity index is 2410. The number of amides is 1. The summed E-state index contributed by atoms with van der Waals surface area (Å²) in [4.78, 5) is 16.6.